The smallest absolute Gasteiger partial charge is 0.251 e. The zero-order chi connectivity index (χ0) is 16.7. The molecule has 0 aliphatic heterocycles. The lowest BCUT2D eigenvalue weighted by Gasteiger charge is -2.07. The maximum absolute atomic E-state index is 11.9. The number of carbonyl (C=O) groups is 2. The summed E-state index contributed by atoms with van der Waals surface area (Å²) in [4.78, 5) is 27.7. The second-order valence-corrected chi connectivity index (χ2v) is 5.11. The van der Waals surface area contributed by atoms with Crippen LogP contribution in [0.4, 0.5) is 0 Å². The van der Waals surface area contributed by atoms with E-state index in [4.69, 9.17) is 16.3 Å². The monoisotopic (exact) mass is 333 g/mol. The third-order valence-corrected chi connectivity index (χ3v) is 3.23. The molecule has 0 aliphatic rings. The van der Waals surface area contributed by atoms with Gasteiger partial charge in [-0.05, 0) is 23.8 Å². The van der Waals surface area contributed by atoms with Crippen LogP contribution in [0.2, 0.25) is 5.02 Å². The Labute approximate surface area is 138 Å². The van der Waals surface area contributed by atoms with Crippen molar-refractivity contribution < 1.29 is 14.3 Å². The van der Waals surface area contributed by atoms with Crippen molar-refractivity contribution >= 4 is 23.4 Å². The van der Waals surface area contributed by atoms with Gasteiger partial charge in [0.1, 0.15) is 0 Å². The number of nitrogens with one attached hydrogen (secondary N) is 2. The number of carbonyl (C=O) groups excluding carboxylic acids is 2. The zero-order valence-corrected chi connectivity index (χ0v) is 13.3. The van der Waals surface area contributed by atoms with E-state index in [0.717, 1.165) is 5.56 Å². The number of pyridine rings is 1. The van der Waals surface area contributed by atoms with Gasteiger partial charge in [-0.25, -0.2) is 4.98 Å². The van der Waals surface area contributed by atoms with Crippen LogP contribution in [0, 0.1) is 0 Å². The number of nitrogens with zero attached hydrogens (tertiary/aromatic N) is 1. The van der Waals surface area contributed by atoms with Crippen molar-refractivity contribution in [1.82, 2.24) is 15.6 Å². The van der Waals surface area contributed by atoms with Crippen LogP contribution < -0.4 is 15.4 Å². The number of benzene rings is 1. The van der Waals surface area contributed by atoms with E-state index in [-0.39, 0.29) is 18.4 Å². The lowest BCUT2D eigenvalue weighted by Crippen LogP contribution is -2.36. The highest BCUT2D eigenvalue weighted by molar-refractivity contribution is 6.30. The standard InChI is InChI=1S/C16H16ClN3O3/c1-23-15-6-5-11(9-19-15)8-18-14(21)10-20-16(22)12-3-2-4-13(17)7-12/h2-7,9H,8,10H2,1H3,(H,18,21)(H,20,22). The minimum atomic E-state index is -0.353. The molecule has 23 heavy (non-hydrogen) atoms. The Kier molecular flexibility index (Phi) is 5.94. The van der Waals surface area contributed by atoms with Gasteiger partial charge in [-0.1, -0.05) is 23.7 Å². The van der Waals surface area contributed by atoms with E-state index in [2.05, 4.69) is 15.6 Å². The molecule has 2 rings (SSSR count). The van der Waals surface area contributed by atoms with Crippen LogP contribution in [-0.4, -0.2) is 30.5 Å². The van der Waals surface area contributed by atoms with Crippen LogP contribution in [-0.2, 0) is 11.3 Å². The van der Waals surface area contributed by atoms with Gasteiger partial charge in [0.15, 0.2) is 0 Å². The average Bonchev–Trinajstić information content (AvgIpc) is 2.58. The lowest BCUT2D eigenvalue weighted by molar-refractivity contribution is -0.120. The number of hydrogen-bond acceptors (Lipinski definition) is 4. The molecule has 6 nitrogen and oxygen atoms in total. The molecule has 2 aromatic rings. The Morgan fingerprint density at radius 3 is 2.70 bits per heavy atom. The first-order valence-electron chi connectivity index (χ1n) is 6.88. The molecule has 0 unspecified atom stereocenters. The average molecular weight is 334 g/mol. The molecular weight excluding hydrogens is 318 g/mol. The van der Waals surface area contributed by atoms with Crippen LogP contribution in [0.3, 0.4) is 0 Å². The van der Waals surface area contributed by atoms with E-state index in [1.807, 2.05) is 0 Å². The fraction of sp³-hybridized carbons (Fsp3) is 0.188. The molecule has 2 N–H and O–H groups in total. The highest BCUT2D eigenvalue weighted by atomic mass is 35.5. The number of methoxy groups -OCH3 is 1. The summed E-state index contributed by atoms with van der Waals surface area (Å²) in [6.07, 6.45) is 1.61. The van der Waals surface area contributed by atoms with Gasteiger partial charge >= 0.3 is 0 Å². The first kappa shape index (κ1) is 16.8. The largest absolute Gasteiger partial charge is 0.481 e. The topological polar surface area (TPSA) is 80.3 Å². The number of hydrogen-bond donors (Lipinski definition) is 2. The van der Waals surface area contributed by atoms with Crippen molar-refractivity contribution in [3.8, 4) is 5.88 Å². The third kappa shape index (κ3) is 5.27. The minimum absolute atomic E-state index is 0.116. The van der Waals surface area contributed by atoms with E-state index in [1.54, 1.807) is 36.5 Å². The quantitative estimate of drug-likeness (QED) is 0.844. The Hall–Kier alpha value is -2.60. The van der Waals surface area contributed by atoms with Crippen LogP contribution in [0.1, 0.15) is 15.9 Å². The Balaban J connectivity index is 1.77. The summed E-state index contributed by atoms with van der Waals surface area (Å²) < 4.78 is 4.95. The predicted octanol–water partition coefficient (Wildman–Crippen LogP) is 1.79. The number of ether oxygens (including phenoxy) is 1. The van der Waals surface area contributed by atoms with E-state index in [0.29, 0.717) is 23.0 Å². The van der Waals surface area contributed by atoms with Gasteiger partial charge in [-0.15, -0.1) is 0 Å². The SMILES string of the molecule is COc1ccc(CNC(=O)CNC(=O)c2cccc(Cl)c2)cn1. The van der Waals surface area contributed by atoms with Crippen molar-refractivity contribution in [2.75, 3.05) is 13.7 Å². The van der Waals surface area contributed by atoms with Gasteiger partial charge in [0.25, 0.3) is 5.91 Å². The van der Waals surface area contributed by atoms with E-state index >= 15 is 0 Å². The summed E-state index contributed by atoms with van der Waals surface area (Å²) in [5, 5.41) is 5.70. The molecule has 7 heteroatoms. The van der Waals surface area contributed by atoms with Gasteiger partial charge in [-0.2, -0.15) is 0 Å². The fourth-order valence-electron chi connectivity index (χ4n) is 1.79. The molecule has 1 aromatic heterocycles. The number of aromatic nitrogens is 1. The Morgan fingerprint density at radius 1 is 1.22 bits per heavy atom. The maximum Gasteiger partial charge on any atom is 0.251 e. The lowest BCUT2D eigenvalue weighted by atomic mass is 10.2. The second-order valence-electron chi connectivity index (χ2n) is 4.68. The van der Waals surface area contributed by atoms with E-state index < -0.39 is 0 Å². The summed E-state index contributed by atoms with van der Waals surface area (Å²) >= 11 is 5.82. The van der Waals surface area contributed by atoms with Crippen LogP contribution in [0.15, 0.2) is 42.6 Å². The van der Waals surface area contributed by atoms with Crippen molar-refractivity contribution in [2.45, 2.75) is 6.54 Å². The van der Waals surface area contributed by atoms with Gasteiger partial charge in [-0.3, -0.25) is 9.59 Å². The van der Waals surface area contributed by atoms with Crippen molar-refractivity contribution in [3.63, 3.8) is 0 Å². The molecule has 0 saturated carbocycles. The summed E-state index contributed by atoms with van der Waals surface area (Å²) in [5.74, 6) is -0.140. The van der Waals surface area contributed by atoms with Gasteiger partial charge in [0.2, 0.25) is 11.8 Å². The molecule has 0 saturated heterocycles. The van der Waals surface area contributed by atoms with Crippen LogP contribution in [0.25, 0.3) is 0 Å². The highest BCUT2D eigenvalue weighted by Crippen LogP contribution is 2.10. The fourth-order valence-corrected chi connectivity index (χ4v) is 1.98. The molecule has 0 spiro atoms. The zero-order valence-electron chi connectivity index (χ0n) is 12.5. The third-order valence-electron chi connectivity index (χ3n) is 2.99. The van der Waals surface area contributed by atoms with Gasteiger partial charge < -0.3 is 15.4 Å². The molecule has 2 amide bonds. The molecule has 120 valence electrons. The first-order chi connectivity index (χ1) is 11.1. The maximum atomic E-state index is 11.9. The molecule has 1 aromatic carbocycles. The normalized spacial score (nSPS) is 10.0. The molecule has 0 aliphatic carbocycles. The number of halogens is 1. The molecule has 1 heterocycles. The molecule has 0 atom stereocenters. The summed E-state index contributed by atoms with van der Waals surface area (Å²) in [7, 11) is 1.53. The van der Waals surface area contributed by atoms with Crippen molar-refractivity contribution in [3.05, 3.63) is 58.7 Å². The molecular formula is C16H16ClN3O3. The number of rotatable bonds is 6. The summed E-state index contributed by atoms with van der Waals surface area (Å²) in [6, 6.07) is 10.0. The highest BCUT2D eigenvalue weighted by Gasteiger charge is 2.08. The van der Waals surface area contributed by atoms with E-state index in [1.165, 1.54) is 13.2 Å². The van der Waals surface area contributed by atoms with Crippen LogP contribution in [0.5, 0.6) is 5.88 Å². The van der Waals surface area contributed by atoms with Crippen molar-refractivity contribution in [1.29, 1.82) is 0 Å². The first-order valence-corrected chi connectivity index (χ1v) is 7.25. The molecule has 0 bridgehead atoms. The summed E-state index contributed by atoms with van der Waals surface area (Å²) in [6.45, 7) is 0.206. The minimum Gasteiger partial charge on any atom is -0.481 e. The molecule has 0 fully saturated rings. The van der Waals surface area contributed by atoms with Crippen molar-refractivity contribution in [2.24, 2.45) is 0 Å². The van der Waals surface area contributed by atoms with Gasteiger partial charge in [0.05, 0.1) is 13.7 Å². The number of amides is 2. The summed E-state index contributed by atoms with van der Waals surface area (Å²) in [5.41, 5.74) is 1.24. The van der Waals surface area contributed by atoms with Crippen LogP contribution >= 0.6 is 11.6 Å². The Bertz CT molecular complexity index is 689. The predicted molar refractivity (Wildman–Crippen MR) is 86.4 cm³/mol. The second kappa shape index (κ2) is 8.14. The van der Waals surface area contributed by atoms with E-state index in [9.17, 15) is 9.59 Å². The van der Waals surface area contributed by atoms with Gasteiger partial charge in [0, 0.05) is 29.4 Å². The molecule has 0 radical (unpaired) electrons. The Morgan fingerprint density at radius 2 is 2.04 bits per heavy atom.